The van der Waals surface area contributed by atoms with Gasteiger partial charge in [0.2, 0.25) is 0 Å². The molecule has 1 N–H and O–H groups in total. The van der Waals surface area contributed by atoms with Crippen LogP contribution in [0.3, 0.4) is 0 Å². The van der Waals surface area contributed by atoms with Gasteiger partial charge in [0.05, 0.1) is 6.10 Å². The van der Waals surface area contributed by atoms with Crippen LogP contribution in [-0.2, 0) is 4.79 Å². The molecular weight excluding hydrogens is 476 g/mol. The standard InChI is InChI=1S/C37H60O2/c1-12-22(3)34(7,8)37(11)23(4)17-21(2)33-31(37)19-30-32-25(6)27(18-24(5)38)28-14-13-26(39)20-36(28,10)29(32)15-16-35(30,33)9/h17,21,25-33,39H,3,12-16,18-20H2,1-2,4-11H3/t21?,25?,26-,27?,28?,29?,30?,31?,32?,33?,35?,36?,37?/m0/s1. The molecule has 0 aromatic carbocycles. The van der Waals surface area contributed by atoms with Crippen LogP contribution in [0, 0.1) is 74.9 Å². The second-order valence-electron chi connectivity index (χ2n) is 16.7. The second kappa shape index (κ2) is 9.57. The van der Waals surface area contributed by atoms with Gasteiger partial charge in [-0.3, -0.25) is 0 Å². The number of aliphatic hydroxyl groups is 1. The first-order valence-corrected chi connectivity index (χ1v) is 16.6. The van der Waals surface area contributed by atoms with E-state index in [9.17, 15) is 9.90 Å². The molecule has 5 aliphatic carbocycles. The van der Waals surface area contributed by atoms with E-state index in [-0.39, 0.29) is 22.3 Å². The minimum atomic E-state index is -0.172. The van der Waals surface area contributed by atoms with Gasteiger partial charge >= 0.3 is 0 Å². The first-order valence-electron chi connectivity index (χ1n) is 16.6. The Morgan fingerprint density at radius 1 is 1.05 bits per heavy atom. The van der Waals surface area contributed by atoms with E-state index in [2.05, 4.69) is 75.0 Å². The molecule has 0 spiro atoms. The number of rotatable bonds is 5. The molecule has 0 bridgehead atoms. The molecule has 5 rings (SSSR count). The number of allylic oxidation sites excluding steroid dienone is 3. The van der Waals surface area contributed by atoms with Gasteiger partial charge < -0.3 is 9.90 Å². The fourth-order valence-electron chi connectivity index (χ4n) is 13.0. The fraction of sp³-hybridized carbons (Fsp3) is 0.865. The molecule has 4 saturated carbocycles. The summed E-state index contributed by atoms with van der Waals surface area (Å²) in [5.74, 6) is 5.95. The number of ketones is 1. The van der Waals surface area contributed by atoms with Crippen molar-refractivity contribution in [2.24, 2.45) is 74.9 Å². The van der Waals surface area contributed by atoms with E-state index in [1.807, 2.05) is 6.92 Å². The molecule has 0 aromatic heterocycles. The molecule has 0 saturated heterocycles. The van der Waals surface area contributed by atoms with E-state index in [1.165, 1.54) is 24.8 Å². The van der Waals surface area contributed by atoms with Crippen molar-refractivity contribution in [3.63, 3.8) is 0 Å². The molecule has 4 fully saturated rings. The summed E-state index contributed by atoms with van der Waals surface area (Å²) >= 11 is 0. The largest absolute Gasteiger partial charge is 0.393 e. The molecular formula is C37H60O2. The number of fused-ring (bicyclic) bond motifs is 7. The van der Waals surface area contributed by atoms with Crippen LogP contribution in [0.5, 0.6) is 0 Å². The average molecular weight is 537 g/mol. The van der Waals surface area contributed by atoms with Crippen LogP contribution in [0.25, 0.3) is 0 Å². The van der Waals surface area contributed by atoms with E-state index in [1.54, 1.807) is 5.57 Å². The van der Waals surface area contributed by atoms with Gasteiger partial charge in [0, 0.05) is 11.8 Å². The van der Waals surface area contributed by atoms with Crippen molar-refractivity contribution in [2.45, 2.75) is 127 Å². The highest BCUT2D eigenvalue weighted by Crippen LogP contribution is 2.76. The lowest BCUT2D eigenvalue weighted by Crippen LogP contribution is -2.60. The predicted octanol–water partition coefficient (Wildman–Crippen LogP) is 9.28. The van der Waals surface area contributed by atoms with Crippen LogP contribution in [0.1, 0.15) is 121 Å². The van der Waals surface area contributed by atoms with Crippen molar-refractivity contribution in [2.75, 3.05) is 0 Å². The quantitative estimate of drug-likeness (QED) is 0.355. The van der Waals surface area contributed by atoms with Crippen molar-refractivity contribution >= 4 is 5.78 Å². The lowest BCUT2D eigenvalue weighted by molar-refractivity contribution is -0.180. The van der Waals surface area contributed by atoms with Crippen molar-refractivity contribution in [3.05, 3.63) is 23.8 Å². The number of Topliss-reactive ketones (excluding diaryl/α,β-unsaturated/α-hetero) is 1. The topological polar surface area (TPSA) is 37.3 Å². The first-order chi connectivity index (χ1) is 18.1. The Morgan fingerprint density at radius 2 is 1.72 bits per heavy atom. The summed E-state index contributed by atoms with van der Waals surface area (Å²) in [5, 5.41) is 11.0. The van der Waals surface area contributed by atoms with E-state index in [4.69, 9.17) is 0 Å². The predicted molar refractivity (Wildman–Crippen MR) is 163 cm³/mol. The van der Waals surface area contributed by atoms with Gasteiger partial charge in [0.15, 0.2) is 0 Å². The number of carbonyl (C=O) groups is 1. The van der Waals surface area contributed by atoms with Gasteiger partial charge in [-0.05, 0) is 128 Å². The molecule has 2 nitrogen and oxygen atoms in total. The third-order valence-electron chi connectivity index (χ3n) is 15.2. The third-order valence-corrected chi connectivity index (χ3v) is 15.2. The van der Waals surface area contributed by atoms with E-state index in [0.717, 1.165) is 32.1 Å². The van der Waals surface area contributed by atoms with E-state index >= 15 is 0 Å². The SMILES string of the molecule is C=C(CC)C(C)(C)C1(C)C(C)=CC(C)C2C1CC1C3C(C)C(CC(C)=O)C4CC[C@H](O)CC4(C)C3CCC12C. The van der Waals surface area contributed by atoms with Crippen molar-refractivity contribution in [3.8, 4) is 0 Å². The number of carbonyl (C=O) groups excluding carboxylic acids is 1. The summed E-state index contributed by atoms with van der Waals surface area (Å²) in [7, 11) is 0. The normalized spacial score (nSPS) is 51.2. The van der Waals surface area contributed by atoms with Gasteiger partial charge in [-0.2, -0.15) is 0 Å². The maximum Gasteiger partial charge on any atom is 0.130 e. The Labute approximate surface area is 240 Å². The average Bonchev–Trinajstić information content (AvgIpc) is 3.17. The minimum absolute atomic E-state index is 0.0501. The molecule has 12 unspecified atom stereocenters. The van der Waals surface area contributed by atoms with Gasteiger partial charge in [-0.15, -0.1) is 0 Å². The summed E-state index contributed by atoms with van der Waals surface area (Å²) < 4.78 is 0. The molecule has 0 aromatic rings. The van der Waals surface area contributed by atoms with Gasteiger partial charge in [0.25, 0.3) is 0 Å². The number of hydrogen-bond acceptors (Lipinski definition) is 2. The minimum Gasteiger partial charge on any atom is -0.393 e. The zero-order chi connectivity index (χ0) is 28.9. The molecule has 0 radical (unpaired) electrons. The van der Waals surface area contributed by atoms with Crippen molar-refractivity contribution < 1.29 is 9.90 Å². The Morgan fingerprint density at radius 3 is 2.33 bits per heavy atom. The van der Waals surface area contributed by atoms with Crippen LogP contribution in [0.15, 0.2) is 23.8 Å². The summed E-state index contributed by atoms with van der Waals surface area (Å²) in [5.41, 5.74) is 3.62. The molecule has 5 aliphatic rings. The number of aliphatic hydroxyl groups excluding tert-OH is 1. The Balaban J connectivity index is 1.61. The molecule has 0 aliphatic heterocycles. The highest BCUT2D eigenvalue weighted by Gasteiger charge is 2.69. The maximum atomic E-state index is 12.7. The van der Waals surface area contributed by atoms with Crippen molar-refractivity contribution in [1.29, 1.82) is 0 Å². The summed E-state index contributed by atoms with van der Waals surface area (Å²) in [6.45, 7) is 29.0. The van der Waals surface area contributed by atoms with E-state index < -0.39 is 0 Å². The number of hydrogen-bond donors (Lipinski definition) is 1. The second-order valence-corrected chi connectivity index (χ2v) is 16.7. The van der Waals surface area contributed by atoms with E-state index in [0.29, 0.717) is 64.5 Å². The van der Waals surface area contributed by atoms with Crippen LogP contribution >= 0.6 is 0 Å². The highest BCUT2D eigenvalue weighted by atomic mass is 16.3. The van der Waals surface area contributed by atoms with Crippen LogP contribution in [0.4, 0.5) is 0 Å². The summed E-state index contributed by atoms with van der Waals surface area (Å²) in [6, 6.07) is 0. The molecule has 0 amide bonds. The van der Waals surface area contributed by atoms with Gasteiger partial charge in [-0.25, -0.2) is 0 Å². The van der Waals surface area contributed by atoms with Gasteiger partial charge in [-0.1, -0.05) is 79.2 Å². The molecule has 220 valence electrons. The first kappa shape index (κ1) is 29.6. The Hall–Kier alpha value is -0.890. The molecule has 0 heterocycles. The van der Waals surface area contributed by atoms with Crippen LogP contribution in [0.2, 0.25) is 0 Å². The zero-order valence-electron chi connectivity index (χ0n) is 27.1. The lowest BCUT2D eigenvalue weighted by Gasteiger charge is -2.65. The highest BCUT2D eigenvalue weighted by molar-refractivity contribution is 5.75. The maximum absolute atomic E-state index is 12.7. The summed E-state index contributed by atoms with van der Waals surface area (Å²) in [6.07, 6.45) is 11.2. The summed E-state index contributed by atoms with van der Waals surface area (Å²) in [4.78, 5) is 12.7. The van der Waals surface area contributed by atoms with Crippen molar-refractivity contribution in [1.82, 2.24) is 0 Å². The van der Waals surface area contributed by atoms with Crippen LogP contribution < -0.4 is 0 Å². The molecule has 13 atom stereocenters. The fourth-order valence-corrected chi connectivity index (χ4v) is 13.0. The Kier molecular flexibility index (Phi) is 7.26. The van der Waals surface area contributed by atoms with Crippen LogP contribution in [-0.4, -0.2) is 17.0 Å². The lowest BCUT2D eigenvalue weighted by atomic mass is 9.39. The molecule has 39 heavy (non-hydrogen) atoms. The third kappa shape index (κ3) is 3.91. The van der Waals surface area contributed by atoms with Gasteiger partial charge in [0.1, 0.15) is 5.78 Å². The zero-order valence-corrected chi connectivity index (χ0v) is 27.1. The smallest absolute Gasteiger partial charge is 0.130 e. The Bertz CT molecular complexity index is 1040. The monoisotopic (exact) mass is 536 g/mol. The molecule has 2 heteroatoms.